The van der Waals surface area contributed by atoms with Crippen LogP contribution in [0.5, 0.6) is 0 Å². The molecule has 122 valence electrons. The van der Waals surface area contributed by atoms with E-state index in [2.05, 4.69) is 34.1 Å². The van der Waals surface area contributed by atoms with Gasteiger partial charge in [-0.05, 0) is 31.4 Å². The van der Waals surface area contributed by atoms with Crippen molar-refractivity contribution >= 4 is 5.91 Å². The quantitative estimate of drug-likeness (QED) is 0.733. The Morgan fingerprint density at radius 3 is 2.73 bits per heavy atom. The van der Waals surface area contributed by atoms with Gasteiger partial charge in [-0.2, -0.15) is 0 Å². The third-order valence-corrected chi connectivity index (χ3v) is 4.28. The summed E-state index contributed by atoms with van der Waals surface area (Å²) < 4.78 is 0. The Hall–Kier alpha value is -1.43. The van der Waals surface area contributed by atoms with Gasteiger partial charge in [0.25, 0.3) is 0 Å². The Morgan fingerprint density at radius 1 is 1.27 bits per heavy atom. The smallest absolute Gasteiger partial charge is 0.231 e. The monoisotopic (exact) mass is 305 g/mol. The molecule has 0 saturated carbocycles. The van der Waals surface area contributed by atoms with E-state index in [1.165, 1.54) is 5.56 Å². The number of benzene rings is 1. The van der Waals surface area contributed by atoms with Crippen molar-refractivity contribution in [2.45, 2.75) is 25.3 Å². The van der Waals surface area contributed by atoms with Crippen molar-refractivity contribution < 1.29 is 9.90 Å². The van der Waals surface area contributed by atoms with E-state index >= 15 is 0 Å². The fraction of sp³-hybridized carbons (Fsp3) is 0.588. The lowest BCUT2D eigenvalue weighted by atomic mass is 10.1. The van der Waals surface area contributed by atoms with E-state index in [0.29, 0.717) is 12.6 Å². The molecule has 0 aromatic heterocycles. The maximum absolute atomic E-state index is 11.1. The molecule has 0 aliphatic carbocycles. The molecule has 1 fully saturated rings. The summed E-state index contributed by atoms with van der Waals surface area (Å²) in [5.74, 6) is -0.278. The van der Waals surface area contributed by atoms with E-state index in [1.54, 1.807) is 0 Å². The zero-order chi connectivity index (χ0) is 15.8. The summed E-state index contributed by atoms with van der Waals surface area (Å²) in [5, 5.41) is 9.27. The average Bonchev–Trinajstić information content (AvgIpc) is 2.50. The van der Waals surface area contributed by atoms with Crippen molar-refractivity contribution in [2.24, 2.45) is 5.73 Å². The summed E-state index contributed by atoms with van der Waals surface area (Å²) in [7, 11) is 0. The van der Waals surface area contributed by atoms with Gasteiger partial charge in [0, 0.05) is 32.3 Å². The van der Waals surface area contributed by atoms with Crippen molar-refractivity contribution in [2.75, 3.05) is 39.3 Å². The third kappa shape index (κ3) is 5.40. The van der Waals surface area contributed by atoms with Crippen LogP contribution in [-0.4, -0.2) is 66.2 Å². The molecule has 1 aliphatic rings. The molecule has 0 spiro atoms. The SMILES string of the molecule is NC(=O)CN1CCN(CCCc2ccccc2)[C@@H](CCO)C1. The Bertz CT molecular complexity index is 452. The summed E-state index contributed by atoms with van der Waals surface area (Å²) in [6, 6.07) is 10.8. The molecule has 2 rings (SSSR count). The molecule has 1 saturated heterocycles. The third-order valence-electron chi connectivity index (χ3n) is 4.28. The lowest BCUT2D eigenvalue weighted by Crippen LogP contribution is -2.55. The van der Waals surface area contributed by atoms with E-state index in [-0.39, 0.29) is 12.5 Å². The molecule has 1 aromatic rings. The van der Waals surface area contributed by atoms with E-state index in [4.69, 9.17) is 5.73 Å². The number of carbonyl (C=O) groups is 1. The van der Waals surface area contributed by atoms with E-state index < -0.39 is 0 Å². The van der Waals surface area contributed by atoms with Crippen LogP contribution in [0.3, 0.4) is 0 Å². The first-order valence-corrected chi connectivity index (χ1v) is 8.08. The zero-order valence-electron chi connectivity index (χ0n) is 13.2. The number of rotatable bonds is 8. The number of hydrogen-bond acceptors (Lipinski definition) is 4. The van der Waals surface area contributed by atoms with Crippen LogP contribution in [-0.2, 0) is 11.2 Å². The second kappa shape index (κ2) is 8.88. The molecule has 0 bridgehead atoms. The van der Waals surface area contributed by atoms with E-state index in [9.17, 15) is 9.90 Å². The number of aliphatic hydroxyl groups excluding tert-OH is 1. The van der Waals surface area contributed by atoms with Gasteiger partial charge in [-0.1, -0.05) is 30.3 Å². The van der Waals surface area contributed by atoms with Crippen molar-refractivity contribution in [3.8, 4) is 0 Å². The summed E-state index contributed by atoms with van der Waals surface area (Å²) in [5.41, 5.74) is 6.65. The number of nitrogens with zero attached hydrogens (tertiary/aromatic N) is 2. The summed E-state index contributed by atoms with van der Waals surface area (Å²) >= 11 is 0. The summed E-state index contributed by atoms with van der Waals surface area (Å²) in [6.07, 6.45) is 2.94. The van der Waals surface area contributed by atoms with Gasteiger partial charge in [-0.15, -0.1) is 0 Å². The van der Waals surface area contributed by atoms with Crippen LogP contribution >= 0.6 is 0 Å². The molecule has 0 unspecified atom stereocenters. The molecular formula is C17H27N3O2. The highest BCUT2D eigenvalue weighted by molar-refractivity contribution is 5.75. The molecular weight excluding hydrogens is 278 g/mol. The number of nitrogens with two attached hydrogens (primary N) is 1. The predicted octanol–water partition coefficient (Wildman–Crippen LogP) is 0.473. The number of aliphatic hydroxyl groups is 1. The van der Waals surface area contributed by atoms with Crippen LogP contribution in [0.1, 0.15) is 18.4 Å². The minimum Gasteiger partial charge on any atom is -0.396 e. The molecule has 1 aromatic carbocycles. The van der Waals surface area contributed by atoms with Gasteiger partial charge in [0.1, 0.15) is 0 Å². The van der Waals surface area contributed by atoms with Crippen molar-refractivity contribution in [3.05, 3.63) is 35.9 Å². The standard InChI is InChI=1S/C17H27N3O2/c18-17(22)14-19-10-11-20(16(13-19)8-12-21)9-4-7-15-5-2-1-3-6-15/h1-3,5-6,16,21H,4,7-14H2,(H2,18,22)/t16-/m0/s1. The number of amides is 1. The molecule has 0 radical (unpaired) electrons. The Labute approximate surface area is 132 Å². The van der Waals surface area contributed by atoms with Gasteiger partial charge in [-0.25, -0.2) is 0 Å². The first-order chi connectivity index (χ1) is 10.7. The topological polar surface area (TPSA) is 69.8 Å². The fourth-order valence-corrected chi connectivity index (χ4v) is 3.17. The summed E-state index contributed by atoms with van der Waals surface area (Å²) in [6.45, 7) is 4.16. The second-order valence-corrected chi connectivity index (χ2v) is 5.99. The number of hydrogen-bond donors (Lipinski definition) is 2. The van der Waals surface area contributed by atoms with Crippen molar-refractivity contribution in [1.82, 2.24) is 9.80 Å². The normalized spacial score (nSPS) is 20.1. The molecule has 22 heavy (non-hydrogen) atoms. The fourth-order valence-electron chi connectivity index (χ4n) is 3.17. The second-order valence-electron chi connectivity index (χ2n) is 5.99. The van der Waals surface area contributed by atoms with Gasteiger partial charge < -0.3 is 10.8 Å². The van der Waals surface area contributed by atoms with Crippen molar-refractivity contribution in [3.63, 3.8) is 0 Å². The predicted molar refractivity (Wildman–Crippen MR) is 87.5 cm³/mol. The number of aryl methyl sites for hydroxylation is 1. The maximum atomic E-state index is 11.1. The molecule has 5 heteroatoms. The number of primary amides is 1. The molecule has 5 nitrogen and oxygen atoms in total. The minimum atomic E-state index is -0.278. The van der Waals surface area contributed by atoms with Crippen LogP contribution in [0.25, 0.3) is 0 Å². The van der Waals surface area contributed by atoms with Gasteiger partial charge in [-0.3, -0.25) is 14.6 Å². The van der Waals surface area contributed by atoms with Crippen molar-refractivity contribution in [1.29, 1.82) is 0 Å². The number of carbonyl (C=O) groups excluding carboxylic acids is 1. The van der Waals surface area contributed by atoms with Crippen LogP contribution in [0.2, 0.25) is 0 Å². The molecule has 3 N–H and O–H groups in total. The van der Waals surface area contributed by atoms with Gasteiger partial charge in [0.2, 0.25) is 5.91 Å². The highest BCUT2D eigenvalue weighted by Crippen LogP contribution is 2.14. The van der Waals surface area contributed by atoms with Gasteiger partial charge in [0.15, 0.2) is 0 Å². The van der Waals surface area contributed by atoms with E-state index in [0.717, 1.165) is 45.4 Å². The van der Waals surface area contributed by atoms with Crippen LogP contribution in [0, 0.1) is 0 Å². The first kappa shape index (κ1) is 16.9. The molecule has 1 amide bonds. The van der Waals surface area contributed by atoms with Crippen LogP contribution in [0.4, 0.5) is 0 Å². The van der Waals surface area contributed by atoms with Crippen LogP contribution < -0.4 is 5.73 Å². The summed E-state index contributed by atoms with van der Waals surface area (Å²) in [4.78, 5) is 15.6. The minimum absolute atomic E-state index is 0.185. The van der Waals surface area contributed by atoms with Gasteiger partial charge >= 0.3 is 0 Å². The Balaban J connectivity index is 1.80. The Morgan fingerprint density at radius 2 is 2.05 bits per heavy atom. The number of piperazine rings is 1. The van der Waals surface area contributed by atoms with Gasteiger partial charge in [0.05, 0.1) is 6.54 Å². The van der Waals surface area contributed by atoms with Crippen LogP contribution in [0.15, 0.2) is 30.3 Å². The molecule has 1 atom stereocenters. The highest BCUT2D eigenvalue weighted by Gasteiger charge is 2.26. The zero-order valence-corrected chi connectivity index (χ0v) is 13.2. The maximum Gasteiger partial charge on any atom is 0.231 e. The first-order valence-electron chi connectivity index (χ1n) is 8.08. The lowest BCUT2D eigenvalue weighted by Gasteiger charge is -2.41. The highest BCUT2D eigenvalue weighted by atomic mass is 16.3. The van der Waals surface area contributed by atoms with E-state index in [1.807, 2.05) is 6.07 Å². The lowest BCUT2D eigenvalue weighted by molar-refractivity contribution is -0.119. The average molecular weight is 305 g/mol. The largest absolute Gasteiger partial charge is 0.396 e. The molecule has 1 heterocycles. The molecule has 1 aliphatic heterocycles. The Kier molecular flexibility index (Phi) is 6.83.